The lowest BCUT2D eigenvalue weighted by atomic mass is 10.1. The van der Waals surface area contributed by atoms with Gasteiger partial charge in [-0.2, -0.15) is 0 Å². The van der Waals surface area contributed by atoms with Crippen LogP contribution >= 0.6 is 0 Å². The Kier molecular flexibility index (Phi) is 6.29. The fourth-order valence-corrected chi connectivity index (χ4v) is 1.64. The summed E-state index contributed by atoms with van der Waals surface area (Å²) >= 11 is 0. The minimum atomic E-state index is 0.110. The van der Waals surface area contributed by atoms with E-state index in [1.807, 2.05) is 25.1 Å². The molecule has 0 saturated heterocycles. The van der Waals surface area contributed by atoms with Crippen LogP contribution in [0.2, 0.25) is 0 Å². The van der Waals surface area contributed by atoms with Crippen molar-refractivity contribution in [3.05, 3.63) is 36.4 Å². The molecule has 2 N–H and O–H groups in total. The minimum absolute atomic E-state index is 0.110. The van der Waals surface area contributed by atoms with Crippen molar-refractivity contribution >= 4 is 0 Å². The van der Waals surface area contributed by atoms with Crippen LogP contribution in [-0.2, 0) is 6.42 Å². The molecule has 0 aliphatic heterocycles. The van der Waals surface area contributed by atoms with Crippen LogP contribution in [0.25, 0.3) is 0 Å². The molecule has 1 atom stereocenters. The van der Waals surface area contributed by atoms with Gasteiger partial charge in [0, 0.05) is 12.1 Å². The topological polar surface area (TPSA) is 44.5 Å². The molecule has 0 heterocycles. The number of hydrogen-bond donors (Lipinski definition) is 1. The van der Waals surface area contributed by atoms with Crippen molar-refractivity contribution in [2.45, 2.75) is 32.7 Å². The zero-order chi connectivity index (χ0) is 13.4. The second-order valence-electron chi connectivity index (χ2n) is 4.40. The molecule has 0 spiro atoms. The Hall–Kier alpha value is -1.48. The Morgan fingerprint density at radius 1 is 1.39 bits per heavy atom. The lowest BCUT2D eigenvalue weighted by Gasteiger charge is -2.14. The van der Waals surface area contributed by atoms with E-state index in [-0.39, 0.29) is 6.04 Å². The molecule has 0 aliphatic carbocycles. The van der Waals surface area contributed by atoms with Crippen LogP contribution < -0.4 is 15.2 Å². The van der Waals surface area contributed by atoms with E-state index in [1.165, 1.54) is 0 Å². The molecule has 0 saturated carbocycles. The molecule has 1 unspecified atom stereocenters. The summed E-state index contributed by atoms with van der Waals surface area (Å²) in [6.07, 6.45) is 3.51. The first-order chi connectivity index (χ1) is 8.67. The van der Waals surface area contributed by atoms with Gasteiger partial charge in [-0.1, -0.05) is 25.6 Å². The summed E-state index contributed by atoms with van der Waals surface area (Å²) in [5.41, 5.74) is 6.94. The Morgan fingerprint density at radius 3 is 2.78 bits per heavy atom. The van der Waals surface area contributed by atoms with E-state index >= 15 is 0 Å². The summed E-state index contributed by atoms with van der Waals surface area (Å²) in [7, 11) is 0. The Labute approximate surface area is 110 Å². The van der Waals surface area contributed by atoms with Crippen molar-refractivity contribution in [3.63, 3.8) is 0 Å². The summed E-state index contributed by atoms with van der Waals surface area (Å²) in [5.74, 6) is 1.67. The maximum atomic E-state index is 5.83. The molecular formula is C15H23NO2. The third-order valence-corrected chi connectivity index (χ3v) is 2.41. The highest BCUT2D eigenvalue weighted by Gasteiger charge is 2.08. The highest BCUT2D eigenvalue weighted by Crippen LogP contribution is 2.26. The predicted molar refractivity (Wildman–Crippen MR) is 75.3 cm³/mol. The monoisotopic (exact) mass is 249 g/mol. The molecule has 0 amide bonds. The van der Waals surface area contributed by atoms with Gasteiger partial charge >= 0.3 is 0 Å². The largest absolute Gasteiger partial charge is 0.493 e. The van der Waals surface area contributed by atoms with E-state index in [1.54, 1.807) is 6.08 Å². The molecule has 1 aromatic rings. The number of ether oxygens (including phenoxy) is 2. The summed E-state index contributed by atoms with van der Waals surface area (Å²) in [6.45, 7) is 8.93. The minimum Gasteiger partial charge on any atom is -0.493 e. The van der Waals surface area contributed by atoms with Gasteiger partial charge in [-0.05, 0) is 31.4 Å². The highest BCUT2D eigenvalue weighted by atomic mass is 16.5. The van der Waals surface area contributed by atoms with Crippen LogP contribution in [0.5, 0.6) is 11.5 Å². The van der Waals surface area contributed by atoms with Crippen molar-refractivity contribution in [2.24, 2.45) is 5.73 Å². The maximum absolute atomic E-state index is 5.83. The normalized spacial score (nSPS) is 11.9. The lowest BCUT2D eigenvalue weighted by Crippen LogP contribution is -2.18. The summed E-state index contributed by atoms with van der Waals surface area (Å²) in [6, 6.07) is 6.02. The van der Waals surface area contributed by atoms with E-state index in [2.05, 4.69) is 13.5 Å². The Bertz CT molecular complexity index is 375. The van der Waals surface area contributed by atoms with Crippen LogP contribution in [0, 0.1) is 0 Å². The third kappa shape index (κ3) is 4.80. The molecule has 100 valence electrons. The van der Waals surface area contributed by atoms with Gasteiger partial charge in [-0.3, -0.25) is 0 Å². The Balaban J connectivity index is 2.84. The third-order valence-electron chi connectivity index (χ3n) is 2.41. The van der Waals surface area contributed by atoms with Gasteiger partial charge < -0.3 is 15.2 Å². The average Bonchev–Trinajstić information content (AvgIpc) is 2.35. The molecule has 18 heavy (non-hydrogen) atoms. The van der Waals surface area contributed by atoms with Gasteiger partial charge in [0.25, 0.3) is 0 Å². The standard InChI is InChI=1S/C15H23NO2/c1-4-8-17-14-7-6-13(10-12(3)16)15(11-14)18-9-5-2/h5-7,11-12H,2,4,8-10,16H2,1,3H3. The smallest absolute Gasteiger partial charge is 0.126 e. The van der Waals surface area contributed by atoms with Crippen LogP contribution in [0.1, 0.15) is 25.8 Å². The molecule has 0 aromatic heterocycles. The fourth-order valence-electron chi connectivity index (χ4n) is 1.64. The molecule has 0 fully saturated rings. The number of nitrogens with two attached hydrogens (primary N) is 1. The van der Waals surface area contributed by atoms with Crippen LogP contribution in [0.15, 0.2) is 30.9 Å². The first-order valence-electron chi connectivity index (χ1n) is 6.42. The Morgan fingerprint density at radius 2 is 2.17 bits per heavy atom. The fraction of sp³-hybridized carbons (Fsp3) is 0.467. The van der Waals surface area contributed by atoms with Crippen molar-refractivity contribution in [2.75, 3.05) is 13.2 Å². The van der Waals surface area contributed by atoms with Gasteiger partial charge in [0.2, 0.25) is 0 Å². The predicted octanol–water partition coefficient (Wildman–Crippen LogP) is 2.93. The molecule has 0 radical (unpaired) electrons. The van der Waals surface area contributed by atoms with Crippen LogP contribution in [0.3, 0.4) is 0 Å². The molecule has 1 aromatic carbocycles. The first kappa shape index (κ1) is 14.6. The second kappa shape index (κ2) is 7.77. The van der Waals surface area contributed by atoms with Crippen molar-refractivity contribution < 1.29 is 9.47 Å². The lowest BCUT2D eigenvalue weighted by molar-refractivity contribution is 0.311. The highest BCUT2D eigenvalue weighted by molar-refractivity contribution is 5.41. The van der Waals surface area contributed by atoms with Crippen molar-refractivity contribution in [3.8, 4) is 11.5 Å². The SMILES string of the molecule is C=CCOc1cc(OCCC)ccc1CC(C)N. The second-order valence-corrected chi connectivity index (χ2v) is 4.40. The van der Waals surface area contributed by atoms with Crippen molar-refractivity contribution in [1.82, 2.24) is 0 Å². The quantitative estimate of drug-likeness (QED) is 0.720. The zero-order valence-corrected chi connectivity index (χ0v) is 11.3. The summed E-state index contributed by atoms with van der Waals surface area (Å²) < 4.78 is 11.3. The number of benzene rings is 1. The summed E-state index contributed by atoms with van der Waals surface area (Å²) in [4.78, 5) is 0. The number of hydrogen-bond acceptors (Lipinski definition) is 3. The summed E-state index contributed by atoms with van der Waals surface area (Å²) in [5, 5.41) is 0. The maximum Gasteiger partial charge on any atom is 0.126 e. The van der Waals surface area contributed by atoms with Crippen molar-refractivity contribution in [1.29, 1.82) is 0 Å². The molecule has 0 bridgehead atoms. The van der Waals surface area contributed by atoms with Gasteiger partial charge in [0.15, 0.2) is 0 Å². The van der Waals surface area contributed by atoms with Gasteiger partial charge in [0.1, 0.15) is 18.1 Å². The molecule has 0 aliphatic rings. The molecule has 1 rings (SSSR count). The zero-order valence-electron chi connectivity index (χ0n) is 11.3. The van der Waals surface area contributed by atoms with Gasteiger partial charge in [-0.25, -0.2) is 0 Å². The average molecular weight is 249 g/mol. The number of rotatable bonds is 8. The van der Waals surface area contributed by atoms with Gasteiger partial charge in [-0.15, -0.1) is 0 Å². The van der Waals surface area contributed by atoms with Crippen LogP contribution in [-0.4, -0.2) is 19.3 Å². The molecule has 3 heteroatoms. The van der Waals surface area contributed by atoms with E-state index in [0.717, 1.165) is 29.9 Å². The van der Waals surface area contributed by atoms with E-state index in [4.69, 9.17) is 15.2 Å². The van der Waals surface area contributed by atoms with E-state index in [9.17, 15) is 0 Å². The molecule has 3 nitrogen and oxygen atoms in total. The van der Waals surface area contributed by atoms with E-state index < -0.39 is 0 Å². The van der Waals surface area contributed by atoms with Gasteiger partial charge in [0.05, 0.1) is 6.61 Å². The molecular weight excluding hydrogens is 226 g/mol. The first-order valence-corrected chi connectivity index (χ1v) is 6.42. The van der Waals surface area contributed by atoms with E-state index in [0.29, 0.717) is 13.2 Å². The van der Waals surface area contributed by atoms with Crippen LogP contribution in [0.4, 0.5) is 0 Å².